The fourth-order valence-corrected chi connectivity index (χ4v) is 7.39. The third kappa shape index (κ3) is 3.90. The Balaban J connectivity index is 2.12. The first-order valence-corrected chi connectivity index (χ1v) is 10.1. The van der Waals surface area contributed by atoms with Gasteiger partial charge in [-0.25, -0.2) is 8.42 Å². The van der Waals surface area contributed by atoms with E-state index in [1.165, 1.54) is 12.0 Å². The molecule has 0 spiro atoms. The first-order valence-electron chi connectivity index (χ1n) is 7.66. The van der Waals surface area contributed by atoms with E-state index in [1.807, 2.05) is 0 Å². The topological polar surface area (TPSA) is 63.6 Å². The summed E-state index contributed by atoms with van der Waals surface area (Å²) in [5.41, 5.74) is 0. The second-order valence-electron chi connectivity index (χ2n) is 6.01. The number of aliphatic hydroxyl groups is 1. The summed E-state index contributed by atoms with van der Waals surface area (Å²) in [6.45, 7) is 0. The van der Waals surface area contributed by atoms with Crippen LogP contribution in [0.25, 0.3) is 0 Å². The maximum Gasteiger partial charge on any atom is 0.157 e. The van der Waals surface area contributed by atoms with E-state index < -0.39 is 9.84 Å². The van der Waals surface area contributed by atoms with Crippen LogP contribution < -0.4 is 0 Å². The van der Waals surface area contributed by atoms with Crippen molar-refractivity contribution in [3.8, 4) is 0 Å². The van der Waals surface area contributed by atoms with Crippen LogP contribution in [-0.2, 0) is 14.0 Å². The molecule has 6 heteroatoms. The van der Waals surface area contributed by atoms with E-state index in [2.05, 4.69) is 0 Å². The molecule has 0 aromatic carbocycles. The van der Waals surface area contributed by atoms with Gasteiger partial charge in [0.1, 0.15) is 0 Å². The number of rotatable bonds is 4. The maximum absolute atomic E-state index is 12.9. The molecule has 2 rings (SSSR count). The van der Waals surface area contributed by atoms with E-state index in [9.17, 15) is 13.5 Å². The minimum atomic E-state index is -3.12. The number of aliphatic hydroxyl groups excluding tert-OH is 1. The third-order valence-corrected chi connectivity index (χ3v) is 8.55. The Morgan fingerprint density at radius 1 is 1.05 bits per heavy atom. The molecule has 2 aliphatic rings. The maximum atomic E-state index is 12.9. The SMILES string of the molecule is COSC1CC(O)CCC1S(=O)(=O)C1CCCCCC1. The van der Waals surface area contributed by atoms with Crippen LogP contribution in [0, 0.1) is 0 Å². The predicted molar refractivity (Wildman–Crippen MR) is 82.4 cm³/mol. The van der Waals surface area contributed by atoms with Crippen molar-refractivity contribution >= 4 is 21.9 Å². The van der Waals surface area contributed by atoms with Crippen molar-refractivity contribution in [1.82, 2.24) is 0 Å². The Hall–Kier alpha value is 0.220. The van der Waals surface area contributed by atoms with Crippen LogP contribution in [-0.4, -0.2) is 42.5 Å². The zero-order chi connectivity index (χ0) is 14.6. The molecule has 3 atom stereocenters. The number of hydrogen-bond acceptors (Lipinski definition) is 5. The Bertz CT molecular complexity index is 388. The van der Waals surface area contributed by atoms with Gasteiger partial charge in [0.2, 0.25) is 0 Å². The highest BCUT2D eigenvalue weighted by atomic mass is 32.2. The lowest BCUT2D eigenvalue weighted by Crippen LogP contribution is -2.43. The Labute approximate surface area is 126 Å². The molecular formula is C14H26O4S2. The highest BCUT2D eigenvalue weighted by molar-refractivity contribution is 7.98. The van der Waals surface area contributed by atoms with Gasteiger partial charge in [-0.2, -0.15) is 0 Å². The van der Waals surface area contributed by atoms with Crippen LogP contribution >= 0.6 is 12.0 Å². The van der Waals surface area contributed by atoms with Crippen molar-refractivity contribution in [1.29, 1.82) is 0 Å². The van der Waals surface area contributed by atoms with Gasteiger partial charge in [0.15, 0.2) is 9.84 Å². The molecule has 0 aromatic rings. The zero-order valence-corrected chi connectivity index (χ0v) is 13.8. The van der Waals surface area contributed by atoms with Crippen LogP contribution in [0.2, 0.25) is 0 Å². The summed E-state index contributed by atoms with van der Waals surface area (Å²) in [5.74, 6) is 0. The second kappa shape index (κ2) is 7.47. The van der Waals surface area contributed by atoms with Crippen LogP contribution in [0.1, 0.15) is 57.8 Å². The molecule has 2 saturated carbocycles. The van der Waals surface area contributed by atoms with Gasteiger partial charge in [0.05, 0.1) is 29.0 Å². The number of sulfone groups is 1. The van der Waals surface area contributed by atoms with Crippen molar-refractivity contribution < 1.29 is 17.7 Å². The van der Waals surface area contributed by atoms with Crippen molar-refractivity contribution in [3.05, 3.63) is 0 Å². The molecule has 0 heterocycles. The Morgan fingerprint density at radius 3 is 2.30 bits per heavy atom. The molecule has 0 bridgehead atoms. The van der Waals surface area contributed by atoms with Gasteiger partial charge in [0.25, 0.3) is 0 Å². The minimum absolute atomic E-state index is 0.128. The van der Waals surface area contributed by atoms with Gasteiger partial charge in [-0.1, -0.05) is 25.7 Å². The average molecular weight is 322 g/mol. The van der Waals surface area contributed by atoms with Crippen LogP contribution in [0.3, 0.4) is 0 Å². The molecule has 0 saturated heterocycles. The summed E-state index contributed by atoms with van der Waals surface area (Å²) in [6, 6.07) is 0. The van der Waals surface area contributed by atoms with Gasteiger partial charge in [-0.05, 0) is 44.1 Å². The monoisotopic (exact) mass is 322 g/mol. The van der Waals surface area contributed by atoms with E-state index in [0.29, 0.717) is 19.3 Å². The zero-order valence-electron chi connectivity index (χ0n) is 12.2. The lowest BCUT2D eigenvalue weighted by molar-refractivity contribution is 0.133. The summed E-state index contributed by atoms with van der Waals surface area (Å²) in [5, 5.41) is 9.13. The lowest BCUT2D eigenvalue weighted by Gasteiger charge is -2.34. The minimum Gasteiger partial charge on any atom is -0.393 e. The quantitative estimate of drug-likeness (QED) is 0.637. The van der Waals surface area contributed by atoms with E-state index in [0.717, 1.165) is 38.5 Å². The van der Waals surface area contributed by atoms with Crippen LogP contribution in [0.5, 0.6) is 0 Å². The van der Waals surface area contributed by atoms with Gasteiger partial charge < -0.3 is 9.29 Å². The van der Waals surface area contributed by atoms with Crippen LogP contribution in [0.4, 0.5) is 0 Å². The smallest absolute Gasteiger partial charge is 0.157 e. The summed E-state index contributed by atoms with van der Waals surface area (Å²) >= 11 is 1.22. The molecule has 0 amide bonds. The fraction of sp³-hybridized carbons (Fsp3) is 1.00. The van der Waals surface area contributed by atoms with Crippen LogP contribution in [0.15, 0.2) is 0 Å². The molecule has 20 heavy (non-hydrogen) atoms. The predicted octanol–water partition coefficient (Wildman–Crippen LogP) is 2.70. The van der Waals surface area contributed by atoms with E-state index in [1.54, 1.807) is 7.11 Å². The first kappa shape index (κ1) is 16.6. The van der Waals surface area contributed by atoms with Gasteiger partial charge in [-0.15, -0.1) is 0 Å². The summed E-state index contributed by atoms with van der Waals surface area (Å²) in [7, 11) is -1.54. The summed E-state index contributed by atoms with van der Waals surface area (Å²) in [6.07, 6.45) is 7.30. The number of hydrogen-bond donors (Lipinski definition) is 1. The van der Waals surface area contributed by atoms with Crippen molar-refractivity contribution in [2.75, 3.05) is 7.11 Å². The largest absolute Gasteiger partial charge is 0.393 e. The van der Waals surface area contributed by atoms with Crippen molar-refractivity contribution in [2.45, 2.75) is 79.6 Å². The molecule has 0 aromatic heterocycles. The summed E-state index contributed by atoms with van der Waals surface area (Å²) in [4.78, 5) is 0. The van der Waals surface area contributed by atoms with E-state index in [-0.39, 0.29) is 21.9 Å². The molecule has 1 N–H and O–H groups in total. The second-order valence-corrected chi connectivity index (χ2v) is 9.59. The first-order chi connectivity index (χ1) is 9.55. The van der Waals surface area contributed by atoms with Crippen molar-refractivity contribution in [3.63, 3.8) is 0 Å². The van der Waals surface area contributed by atoms with Crippen molar-refractivity contribution in [2.24, 2.45) is 0 Å². The fourth-order valence-electron chi connectivity index (χ4n) is 3.50. The van der Waals surface area contributed by atoms with Gasteiger partial charge >= 0.3 is 0 Å². The average Bonchev–Trinajstić information content (AvgIpc) is 2.68. The molecule has 0 radical (unpaired) electrons. The Morgan fingerprint density at radius 2 is 1.70 bits per heavy atom. The highest BCUT2D eigenvalue weighted by Crippen LogP contribution is 2.37. The molecule has 118 valence electrons. The van der Waals surface area contributed by atoms with Gasteiger partial charge in [-0.3, -0.25) is 0 Å². The molecule has 3 unspecified atom stereocenters. The lowest BCUT2D eigenvalue weighted by atomic mass is 9.97. The Kier molecular flexibility index (Phi) is 6.20. The standard InChI is InChI=1S/C14H26O4S2/c1-18-19-13-10-11(15)8-9-14(13)20(16,17)12-6-4-2-3-5-7-12/h11-15H,2-10H2,1H3. The normalized spacial score (nSPS) is 33.8. The van der Waals surface area contributed by atoms with Gasteiger partial charge in [0, 0.05) is 0 Å². The molecule has 4 nitrogen and oxygen atoms in total. The van der Waals surface area contributed by atoms with E-state index in [4.69, 9.17) is 4.18 Å². The molecular weight excluding hydrogens is 296 g/mol. The summed E-state index contributed by atoms with van der Waals surface area (Å²) < 4.78 is 31.0. The van der Waals surface area contributed by atoms with E-state index >= 15 is 0 Å². The third-order valence-electron chi connectivity index (χ3n) is 4.61. The highest BCUT2D eigenvalue weighted by Gasteiger charge is 2.42. The molecule has 0 aliphatic heterocycles. The molecule has 2 fully saturated rings. The molecule has 2 aliphatic carbocycles.